The van der Waals surface area contributed by atoms with Crippen LogP contribution in [0.15, 0.2) is 12.3 Å². The Morgan fingerprint density at radius 1 is 1.58 bits per heavy atom. The highest BCUT2D eigenvalue weighted by Gasteiger charge is 2.10. The van der Waals surface area contributed by atoms with Crippen molar-refractivity contribution in [3.63, 3.8) is 0 Å². The van der Waals surface area contributed by atoms with Crippen LogP contribution < -0.4 is 5.32 Å². The number of nitrogens with one attached hydrogen (secondary N) is 2. The molecule has 0 atom stereocenters. The van der Waals surface area contributed by atoms with E-state index < -0.39 is 0 Å². The standard InChI is InChI=1S/C9H10N2O/c1-6(12)8-4-7-2-3-10-5-9(7)11-8/h2-4,10-11H,5H2,1H3. The van der Waals surface area contributed by atoms with Crippen molar-refractivity contribution in [2.75, 3.05) is 0 Å². The van der Waals surface area contributed by atoms with E-state index in [-0.39, 0.29) is 5.78 Å². The molecule has 1 aromatic heterocycles. The van der Waals surface area contributed by atoms with E-state index >= 15 is 0 Å². The lowest BCUT2D eigenvalue weighted by Gasteiger charge is -2.05. The summed E-state index contributed by atoms with van der Waals surface area (Å²) in [5, 5.41) is 3.07. The van der Waals surface area contributed by atoms with Gasteiger partial charge in [-0.3, -0.25) is 4.79 Å². The van der Waals surface area contributed by atoms with Crippen molar-refractivity contribution in [3.8, 4) is 0 Å². The third-order valence-corrected chi connectivity index (χ3v) is 1.97. The van der Waals surface area contributed by atoms with Gasteiger partial charge in [-0.1, -0.05) is 0 Å². The number of carbonyl (C=O) groups excluding carboxylic acids is 1. The first-order valence-corrected chi connectivity index (χ1v) is 3.90. The van der Waals surface area contributed by atoms with Gasteiger partial charge in [-0.05, 0) is 23.9 Å². The number of aromatic amines is 1. The summed E-state index contributed by atoms with van der Waals surface area (Å²) in [7, 11) is 0. The van der Waals surface area contributed by atoms with Crippen LogP contribution in [0.1, 0.15) is 28.7 Å². The van der Waals surface area contributed by atoms with E-state index in [0.29, 0.717) is 5.69 Å². The maximum atomic E-state index is 11.0. The van der Waals surface area contributed by atoms with Crippen molar-refractivity contribution in [2.45, 2.75) is 13.5 Å². The van der Waals surface area contributed by atoms with Gasteiger partial charge in [0, 0.05) is 12.6 Å². The number of hydrogen-bond donors (Lipinski definition) is 2. The van der Waals surface area contributed by atoms with E-state index in [1.165, 1.54) is 0 Å². The zero-order valence-electron chi connectivity index (χ0n) is 6.85. The lowest BCUT2D eigenvalue weighted by atomic mass is 10.2. The van der Waals surface area contributed by atoms with Crippen molar-refractivity contribution >= 4 is 11.9 Å². The van der Waals surface area contributed by atoms with E-state index in [1.807, 2.05) is 18.3 Å². The van der Waals surface area contributed by atoms with Crippen LogP contribution in [-0.2, 0) is 6.54 Å². The van der Waals surface area contributed by atoms with Crippen LogP contribution in [0.4, 0.5) is 0 Å². The maximum Gasteiger partial charge on any atom is 0.175 e. The number of H-pyrrole nitrogens is 1. The minimum Gasteiger partial charge on any atom is -0.385 e. The first-order chi connectivity index (χ1) is 5.77. The molecule has 0 aliphatic carbocycles. The molecular weight excluding hydrogens is 152 g/mol. The Bertz CT molecular complexity index is 349. The third-order valence-electron chi connectivity index (χ3n) is 1.97. The van der Waals surface area contributed by atoms with Crippen LogP contribution >= 0.6 is 0 Å². The monoisotopic (exact) mass is 162 g/mol. The third kappa shape index (κ3) is 1.03. The molecule has 62 valence electrons. The summed E-state index contributed by atoms with van der Waals surface area (Å²) in [4.78, 5) is 14.1. The van der Waals surface area contributed by atoms with Crippen LogP contribution in [0, 0.1) is 0 Å². The molecule has 0 radical (unpaired) electrons. The number of rotatable bonds is 1. The predicted octanol–water partition coefficient (Wildman–Crippen LogP) is 1.29. The number of hydrogen-bond acceptors (Lipinski definition) is 2. The second-order valence-electron chi connectivity index (χ2n) is 2.89. The van der Waals surface area contributed by atoms with E-state index in [1.54, 1.807) is 6.92 Å². The molecule has 3 heteroatoms. The molecule has 0 saturated heterocycles. The van der Waals surface area contributed by atoms with Gasteiger partial charge >= 0.3 is 0 Å². The molecule has 0 saturated carbocycles. The van der Waals surface area contributed by atoms with Gasteiger partial charge in [0.25, 0.3) is 0 Å². The molecule has 0 spiro atoms. The number of fused-ring (bicyclic) bond motifs is 1. The quantitative estimate of drug-likeness (QED) is 0.611. The van der Waals surface area contributed by atoms with Crippen LogP contribution in [0.5, 0.6) is 0 Å². The van der Waals surface area contributed by atoms with Crippen molar-refractivity contribution < 1.29 is 4.79 Å². The average molecular weight is 162 g/mol. The summed E-state index contributed by atoms with van der Waals surface area (Å²) >= 11 is 0. The van der Waals surface area contributed by atoms with Crippen molar-refractivity contribution in [2.24, 2.45) is 0 Å². The van der Waals surface area contributed by atoms with Gasteiger partial charge in [0.1, 0.15) is 0 Å². The normalized spacial score (nSPS) is 13.8. The fraction of sp³-hybridized carbons (Fsp3) is 0.222. The number of carbonyl (C=O) groups is 1. The molecular formula is C9H10N2O. The number of ketones is 1. The van der Waals surface area contributed by atoms with Crippen molar-refractivity contribution in [1.29, 1.82) is 0 Å². The highest BCUT2D eigenvalue weighted by Crippen LogP contribution is 2.15. The molecule has 1 aliphatic rings. The first kappa shape index (κ1) is 7.16. The van der Waals surface area contributed by atoms with Gasteiger partial charge in [-0.25, -0.2) is 0 Å². The summed E-state index contributed by atoms with van der Waals surface area (Å²) in [6, 6.07) is 1.88. The predicted molar refractivity (Wildman–Crippen MR) is 46.7 cm³/mol. The summed E-state index contributed by atoms with van der Waals surface area (Å²) in [5.74, 6) is 0.0813. The van der Waals surface area contributed by atoms with Gasteiger partial charge in [-0.2, -0.15) is 0 Å². The molecule has 0 unspecified atom stereocenters. The van der Waals surface area contributed by atoms with E-state index in [0.717, 1.165) is 17.8 Å². The zero-order valence-corrected chi connectivity index (χ0v) is 6.85. The molecule has 2 N–H and O–H groups in total. The summed E-state index contributed by atoms with van der Waals surface area (Å²) in [6.07, 6.45) is 3.85. The maximum absolute atomic E-state index is 11.0. The highest BCUT2D eigenvalue weighted by molar-refractivity contribution is 5.93. The van der Waals surface area contributed by atoms with Crippen molar-refractivity contribution in [1.82, 2.24) is 10.3 Å². The Balaban J connectivity index is 2.46. The molecule has 1 aromatic rings. The van der Waals surface area contributed by atoms with E-state index in [4.69, 9.17) is 0 Å². The lowest BCUT2D eigenvalue weighted by molar-refractivity contribution is 0.101. The molecule has 0 aromatic carbocycles. The first-order valence-electron chi connectivity index (χ1n) is 3.90. The Morgan fingerprint density at radius 3 is 3.08 bits per heavy atom. The Morgan fingerprint density at radius 2 is 2.42 bits per heavy atom. The highest BCUT2D eigenvalue weighted by atomic mass is 16.1. The molecule has 1 aliphatic heterocycles. The Kier molecular flexibility index (Phi) is 1.50. The largest absolute Gasteiger partial charge is 0.385 e. The minimum absolute atomic E-state index is 0.0813. The molecule has 0 bridgehead atoms. The van der Waals surface area contributed by atoms with Crippen LogP contribution in [-0.4, -0.2) is 10.8 Å². The molecule has 0 amide bonds. The van der Waals surface area contributed by atoms with Crippen molar-refractivity contribution in [3.05, 3.63) is 29.2 Å². The zero-order chi connectivity index (χ0) is 8.55. The lowest BCUT2D eigenvalue weighted by Crippen LogP contribution is -2.09. The fourth-order valence-corrected chi connectivity index (χ4v) is 1.31. The van der Waals surface area contributed by atoms with E-state index in [2.05, 4.69) is 10.3 Å². The van der Waals surface area contributed by atoms with Gasteiger partial charge < -0.3 is 10.3 Å². The van der Waals surface area contributed by atoms with Gasteiger partial charge in [0.05, 0.1) is 12.2 Å². The summed E-state index contributed by atoms with van der Waals surface area (Å²) < 4.78 is 0. The average Bonchev–Trinajstić information content (AvgIpc) is 2.46. The fourth-order valence-electron chi connectivity index (χ4n) is 1.31. The second kappa shape index (κ2) is 2.52. The molecule has 2 rings (SSSR count). The van der Waals surface area contributed by atoms with Gasteiger partial charge in [0.15, 0.2) is 5.78 Å². The molecule has 12 heavy (non-hydrogen) atoms. The van der Waals surface area contributed by atoms with Crippen LogP contribution in [0.3, 0.4) is 0 Å². The SMILES string of the molecule is CC(=O)c1cc2c([nH]1)CNC=C2. The second-order valence-corrected chi connectivity index (χ2v) is 2.89. The number of aromatic nitrogens is 1. The summed E-state index contributed by atoms with van der Waals surface area (Å²) in [6.45, 7) is 2.34. The molecule has 2 heterocycles. The molecule has 0 fully saturated rings. The van der Waals surface area contributed by atoms with Gasteiger partial charge in [-0.15, -0.1) is 0 Å². The smallest absolute Gasteiger partial charge is 0.175 e. The topological polar surface area (TPSA) is 44.9 Å². The van der Waals surface area contributed by atoms with E-state index in [9.17, 15) is 4.79 Å². The minimum atomic E-state index is 0.0813. The Labute approximate surface area is 70.5 Å². The van der Waals surface area contributed by atoms with Crippen LogP contribution in [0.2, 0.25) is 0 Å². The summed E-state index contributed by atoms with van der Waals surface area (Å²) in [5.41, 5.74) is 2.88. The number of Topliss-reactive ketones (excluding diaryl/α,β-unsaturated/α-hetero) is 1. The van der Waals surface area contributed by atoms with Gasteiger partial charge in [0.2, 0.25) is 0 Å². The molecule has 3 nitrogen and oxygen atoms in total. The van der Waals surface area contributed by atoms with Crippen LogP contribution in [0.25, 0.3) is 6.08 Å². The Hall–Kier alpha value is -1.51.